The number of aliphatic carboxylic acids is 2. The Morgan fingerprint density at radius 3 is 2.34 bits per heavy atom. The highest BCUT2D eigenvalue weighted by atomic mass is 16.4. The molecule has 12 N–H and O–H groups in total. The second-order valence-electron chi connectivity index (χ2n) is 7.51. The van der Waals surface area contributed by atoms with E-state index in [1.807, 2.05) is 0 Å². The van der Waals surface area contributed by atoms with Crippen LogP contribution in [-0.2, 0) is 30.4 Å². The Morgan fingerprint density at radius 2 is 1.77 bits per heavy atom. The van der Waals surface area contributed by atoms with Crippen molar-refractivity contribution in [2.75, 3.05) is 13.1 Å². The summed E-state index contributed by atoms with van der Waals surface area (Å²) < 4.78 is 0. The van der Waals surface area contributed by atoms with Gasteiger partial charge in [-0.2, -0.15) is 0 Å². The highest BCUT2D eigenvalue weighted by Crippen LogP contribution is 2.02. The first-order valence-corrected chi connectivity index (χ1v) is 10.6. The van der Waals surface area contributed by atoms with Crippen molar-refractivity contribution in [1.82, 2.24) is 25.9 Å². The van der Waals surface area contributed by atoms with E-state index >= 15 is 0 Å². The average molecular weight is 498 g/mol. The number of nitrogens with two attached hydrogens (primary N) is 3. The fourth-order valence-corrected chi connectivity index (χ4v) is 2.81. The maximum atomic E-state index is 12.6. The van der Waals surface area contributed by atoms with Crippen molar-refractivity contribution in [3.63, 3.8) is 0 Å². The van der Waals surface area contributed by atoms with Gasteiger partial charge < -0.3 is 48.3 Å². The van der Waals surface area contributed by atoms with Crippen molar-refractivity contribution < 1.29 is 34.2 Å². The van der Waals surface area contributed by atoms with E-state index in [4.69, 9.17) is 22.3 Å². The lowest BCUT2D eigenvalue weighted by molar-refractivity contribution is -0.141. The summed E-state index contributed by atoms with van der Waals surface area (Å²) in [4.78, 5) is 69.5. The zero-order valence-electron chi connectivity index (χ0n) is 18.9. The molecule has 0 aliphatic heterocycles. The molecule has 0 aromatic carbocycles. The van der Waals surface area contributed by atoms with Crippen LogP contribution in [0, 0.1) is 0 Å². The summed E-state index contributed by atoms with van der Waals surface area (Å²) in [5.74, 6) is -4.80. The third-order valence-electron chi connectivity index (χ3n) is 4.62. The summed E-state index contributed by atoms with van der Waals surface area (Å²) in [6.07, 6.45) is 2.63. The fourth-order valence-electron chi connectivity index (χ4n) is 2.81. The van der Waals surface area contributed by atoms with Crippen molar-refractivity contribution in [3.8, 4) is 0 Å². The molecule has 0 aliphatic carbocycles. The first-order valence-electron chi connectivity index (χ1n) is 10.6. The average Bonchev–Trinajstić information content (AvgIpc) is 3.30. The van der Waals surface area contributed by atoms with E-state index in [2.05, 4.69) is 30.9 Å². The van der Waals surface area contributed by atoms with Crippen LogP contribution in [-0.4, -0.2) is 87.0 Å². The van der Waals surface area contributed by atoms with Crippen LogP contribution in [0.5, 0.6) is 0 Å². The number of carbonyl (C=O) groups excluding carboxylic acids is 3. The number of aliphatic imine (C=N–C) groups is 1. The lowest BCUT2D eigenvalue weighted by Gasteiger charge is -2.21. The van der Waals surface area contributed by atoms with Crippen LogP contribution in [0.25, 0.3) is 0 Å². The monoisotopic (exact) mass is 497 g/mol. The van der Waals surface area contributed by atoms with Crippen LogP contribution >= 0.6 is 0 Å². The molecule has 0 bridgehead atoms. The lowest BCUT2D eigenvalue weighted by atomic mass is 10.1. The van der Waals surface area contributed by atoms with E-state index in [0.29, 0.717) is 5.69 Å². The third-order valence-corrected chi connectivity index (χ3v) is 4.62. The smallest absolute Gasteiger partial charge is 0.326 e. The minimum atomic E-state index is -1.28. The van der Waals surface area contributed by atoms with E-state index in [0.717, 1.165) is 0 Å². The maximum absolute atomic E-state index is 12.6. The Bertz CT molecular complexity index is 900. The number of carboxylic acid groups (broad SMARTS) is 2. The number of aromatic amines is 1. The molecule has 1 aromatic heterocycles. The van der Waals surface area contributed by atoms with Crippen molar-refractivity contribution in [2.45, 2.75) is 50.2 Å². The number of hydrogen-bond donors (Lipinski definition) is 9. The third kappa shape index (κ3) is 12.0. The topological polar surface area (TPSA) is 281 Å². The zero-order valence-corrected chi connectivity index (χ0v) is 18.9. The number of aromatic nitrogens is 2. The molecule has 3 unspecified atom stereocenters. The molecule has 0 fully saturated rings. The molecule has 194 valence electrons. The second kappa shape index (κ2) is 14.8. The molecular weight excluding hydrogens is 466 g/mol. The fraction of sp³-hybridized carbons (Fsp3) is 0.526. The Balaban J connectivity index is 2.69. The highest BCUT2D eigenvalue weighted by Gasteiger charge is 2.25. The molecule has 1 aromatic rings. The summed E-state index contributed by atoms with van der Waals surface area (Å²) in [5.41, 5.74) is 16.7. The number of H-pyrrole nitrogens is 1. The molecule has 1 heterocycles. The number of nitrogens with one attached hydrogen (secondary N) is 4. The molecule has 35 heavy (non-hydrogen) atoms. The minimum absolute atomic E-state index is 0.0489. The summed E-state index contributed by atoms with van der Waals surface area (Å²) in [6.45, 7) is -0.391. The van der Waals surface area contributed by atoms with Gasteiger partial charge in [0.05, 0.1) is 18.9 Å². The van der Waals surface area contributed by atoms with Gasteiger partial charge in [-0.15, -0.1) is 0 Å². The van der Waals surface area contributed by atoms with Gasteiger partial charge in [0.1, 0.15) is 12.1 Å². The first kappa shape index (κ1) is 28.8. The number of carboxylic acids is 2. The van der Waals surface area contributed by atoms with Crippen LogP contribution in [0.1, 0.15) is 31.4 Å². The molecule has 1 rings (SSSR count). The van der Waals surface area contributed by atoms with Crippen LogP contribution in [0.15, 0.2) is 17.5 Å². The van der Waals surface area contributed by atoms with Gasteiger partial charge in [0, 0.05) is 31.3 Å². The molecule has 0 spiro atoms. The van der Waals surface area contributed by atoms with E-state index in [1.54, 1.807) is 0 Å². The predicted octanol–water partition coefficient (Wildman–Crippen LogP) is -3.63. The van der Waals surface area contributed by atoms with E-state index in [-0.39, 0.29) is 44.6 Å². The van der Waals surface area contributed by atoms with Crippen LogP contribution in [0.4, 0.5) is 0 Å². The van der Waals surface area contributed by atoms with Crippen molar-refractivity contribution in [2.24, 2.45) is 22.2 Å². The normalized spacial score (nSPS) is 13.1. The molecule has 0 aliphatic rings. The standard InChI is InChI=1S/C19H31N9O7/c20-11(3-4-15(30)31)16(32)28-12(2-1-5-24-19(21)22)17(33)25-8-14(29)27-13(18(34)35)6-10-7-23-9-26-10/h7,9,11-13H,1-6,8,20H2,(H,23,26)(H,25,33)(H,27,29)(H,28,32)(H,30,31)(H,34,35)(H4,21,22,24). The molecule has 0 radical (unpaired) electrons. The molecule has 16 heteroatoms. The SMILES string of the molecule is NC(N)=NCCCC(NC(=O)C(N)CCC(=O)O)C(=O)NCC(=O)NC(Cc1cnc[nH]1)C(=O)O. The Labute approximate surface area is 200 Å². The summed E-state index contributed by atoms with van der Waals surface area (Å²) in [7, 11) is 0. The summed E-state index contributed by atoms with van der Waals surface area (Å²) >= 11 is 0. The molecule has 16 nitrogen and oxygen atoms in total. The number of carbonyl (C=O) groups is 5. The summed E-state index contributed by atoms with van der Waals surface area (Å²) in [5, 5.41) is 25.1. The maximum Gasteiger partial charge on any atom is 0.326 e. The van der Waals surface area contributed by atoms with Crippen LogP contribution in [0.2, 0.25) is 0 Å². The number of amides is 3. The van der Waals surface area contributed by atoms with Gasteiger partial charge in [-0.05, 0) is 19.3 Å². The molecule has 0 saturated carbocycles. The molecule has 0 saturated heterocycles. The largest absolute Gasteiger partial charge is 0.481 e. The van der Waals surface area contributed by atoms with Crippen molar-refractivity contribution >= 4 is 35.6 Å². The molecular formula is C19H31N9O7. The van der Waals surface area contributed by atoms with E-state index in [1.165, 1.54) is 12.5 Å². The van der Waals surface area contributed by atoms with Gasteiger partial charge in [0.15, 0.2) is 5.96 Å². The van der Waals surface area contributed by atoms with Crippen LogP contribution < -0.4 is 33.2 Å². The van der Waals surface area contributed by atoms with E-state index < -0.39 is 54.3 Å². The van der Waals surface area contributed by atoms with Crippen LogP contribution in [0.3, 0.4) is 0 Å². The number of guanidine groups is 1. The van der Waals surface area contributed by atoms with Crippen molar-refractivity contribution in [1.29, 1.82) is 0 Å². The summed E-state index contributed by atoms with van der Waals surface area (Å²) in [6, 6.07) is -3.55. The van der Waals surface area contributed by atoms with Crippen molar-refractivity contribution in [3.05, 3.63) is 18.2 Å². The quantitative estimate of drug-likeness (QED) is 0.0610. The van der Waals surface area contributed by atoms with Gasteiger partial charge >= 0.3 is 11.9 Å². The van der Waals surface area contributed by atoms with E-state index in [9.17, 15) is 29.1 Å². The second-order valence-corrected chi connectivity index (χ2v) is 7.51. The van der Waals surface area contributed by atoms with Gasteiger partial charge in [0.25, 0.3) is 0 Å². The Hall–Kier alpha value is -4.21. The van der Waals surface area contributed by atoms with Gasteiger partial charge in [-0.1, -0.05) is 0 Å². The molecule has 3 amide bonds. The van der Waals surface area contributed by atoms with Gasteiger partial charge in [0.2, 0.25) is 17.7 Å². The lowest BCUT2D eigenvalue weighted by Crippen LogP contribution is -2.53. The highest BCUT2D eigenvalue weighted by molar-refractivity contribution is 5.92. The molecule has 3 atom stereocenters. The number of imidazole rings is 1. The van der Waals surface area contributed by atoms with Gasteiger partial charge in [-0.25, -0.2) is 9.78 Å². The Morgan fingerprint density at radius 1 is 1.06 bits per heavy atom. The number of nitrogens with zero attached hydrogens (tertiary/aromatic N) is 2. The first-order chi connectivity index (χ1) is 16.5. The predicted molar refractivity (Wildman–Crippen MR) is 122 cm³/mol. The minimum Gasteiger partial charge on any atom is -0.481 e. The number of hydrogen-bond acceptors (Lipinski definition) is 8. The zero-order chi connectivity index (χ0) is 26.4. The number of rotatable bonds is 16. The van der Waals surface area contributed by atoms with Gasteiger partial charge in [-0.3, -0.25) is 24.2 Å². The Kier molecular flexibility index (Phi) is 12.2.